The first kappa shape index (κ1) is 19.3. The predicted octanol–water partition coefficient (Wildman–Crippen LogP) is 5.01. The van der Waals surface area contributed by atoms with Crippen LogP contribution >= 0.6 is 0 Å². The largest absolute Gasteiger partial charge is 0.443 e. The number of carbonyl (C=O) groups is 2. The lowest BCUT2D eigenvalue weighted by atomic mass is 10.0. The number of hydrogen-bond donors (Lipinski definition) is 2. The second kappa shape index (κ2) is 6.79. The Morgan fingerprint density at radius 1 is 1.10 bits per heavy atom. The Morgan fingerprint density at radius 2 is 1.79 bits per heavy atom. The Hall–Kier alpha value is -3.02. The minimum absolute atomic E-state index is 0.0558. The lowest BCUT2D eigenvalue weighted by Crippen LogP contribution is -2.34. The molecule has 2 amide bonds. The Morgan fingerprint density at radius 3 is 2.41 bits per heavy atom. The van der Waals surface area contributed by atoms with Gasteiger partial charge in [-0.15, -0.1) is 0 Å². The van der Waals surface area contributed by atoms with Crippen LogP contribution in [0.15, 0.2) is 42.5 Å². The predicted molar refractivity (Wildman–Crippen MR) is 115 cm³/mol. The molecular formula is C23H27N3O3. The topological polar surface area (TPSA) is 70.7 Å². The number of anilines is 3. The number of para-hydroxylation sites is 1. The second-order valence-corrected chi connectivity index (χ2v) is 8.94. The van der Waals surface area contributed by atoms with E-state index < -0.39 is 5.60 Å². The van der Waals surface area contributed by atoms with Crippen molar-refractivity contribution in [2.24, 2.45) is 0 Å². The van der Waals surface area contributed by atoms with Crippen molar-refractivity contribution in [1.82, 2.24) is 0 Å². The standard InChI is InChI=1S/C23H27N3O3/c1-22(2,3)29-21(28)26(4)16-10-8-15(9-11-16)17-6-5-7-18-20(17)25-23(12-13-23)14-19(27)24-18/h5-11,25H,12-14H2,1-4H3,(H,24,27). The Kier molecular flexibility index (Phi) is 4.52. The van der Waals surface area contributed by atoms with Crippen molar-refractivity contribution in [3.05, 3.63) is 42.5 Å². The van der Waals surface area contributed by atoms with Gasteiger partial charge in [0.1, 0.15) is 5.60 Å². The van der Waals surface area contributed by atoms with E-state index in [9.17, 15) is 9.59 Å². The first-order valence-corrected chi connectivity index (χ1v) is 9.94. The third-order valence-corrected chi connectivity index (χ3v) is 5.31. The molecule has 6 heteroatoms. The van der Waals surface area contributed by atoms with Crippen molar-refractivity contribution in [3.8, 4) is 11.1 Å². The summed E-state index contributed by atoms with van der Waals surface area (Å²) >= 11 is 0. The van der Waals surface area contributed by atoms with E-state index in [1.54, 1.807) is 7.05 Å². The van der Waals surface area contributed by atoms with Crippen LogP contribution in [0, 0.1) is 0 Å². The molecule has 0 aromatic heterocycles. The summed E-state index contributed by atoms with van der Waals surface area (Å²) in [6.07, 6.45) is 2.13. The molecule has 2 N–H and O–H groups in total. The van der Waals surface area contributed by atoms with Gasteiger partial charge in [0.05, 0.1) is 11.4 Å². The van der Waals surface area contributed by atoms with E-state index >= 15 is 0 Å². The van der Waals surface area contributed by atoms with Crippen LogP contribution in [0.3, 0.4) is 0 Å². The van der Waals surface area contributed by atoms with E-state index in [4.69, 9.17) is 4.74 Å². The van der Waals surface area contributed by atoms with Crippen LogP contribution in [-0.4, -0.2) is 30.2 Å². The van der Waals surface area contributed by atoms with Crippen LogP contribution in [0.25, 0.3) is 11.1 Å². The zero-order chi connectivity index (χ0) is 20.8. The zero-order valence-corrected chi connectivity index (χ0v) is 17.3. The maximum Gasteiger partial charge on any atom is 0.414 e. The van der Waals surface area contributed by atoms with Gasteiger partial charge in [-0.3, -0.25) is 9.69 Å². The molecule has 2 aromatic carbocycles. The molecule has 1 heterocycles. The van der Waals surface area contributed by atoms with E-state index in [2.05, 4.69) is 10.6 Å². The normalized spacial score (nSPS) is 16.9. The molecule has 1 spiro atoms. The first-order chi connectivity index (χ1) is 13.7. The van der Waals surface area contributed by atoms with Crippen molar-refractivity contribution < 1.29 is 14.3 Å². The van der Waals surface area contributed by atoms with Gasteiger partial charge in [-0.2, -0.15) is 0 Å². The highest BCUT2D eigenvalue weighted by Crippen LogP contribution is 2.48. The van der Waals surface area contributed by atoms with Crippen molar-refractivity contribution in [1.29, 1.82) is 0 Å². The van der Waals surface area contributed by atoms with Crippen LogP contribution in [0.2, 0.25) is 0 Å². The fourth-order valence-corrected chi connectivity index (χ4v) is 3.60. The van der Waals surface area contributed by atoms with E-state index in [0.29, 0.717) is 6.42 Å². The fraction of sp³-hybridized carbons (Fsp3) is 0.391. The van der Waals surface area contributed by atoms with Crippen molar-refractivity contribution in [2.45, 2.75) is 51.2 Å². The summed E-state index contributed by atoms with van der Waals surface area (Å²) in [5, 5.41) is 6.64. The molecular weight excluding hydrogens is 366 g/mol. The zero-order valence-electron chi connectivity index (χ0n) is 17.3. The number of nitrogens with zero attached hydrogens (tertiary/aromatic N) is 1. The van der Waals surface area contributed by atoms with E-state index in [1.807, 2.05) is 63.2 Å². The number of fused-ring (bicyclic) bond motifs is 1. The van der Waals surface area contributed by atoms with Gasteiger partial charge in [0, 0.05) is 30.3 Å². The third-order valence-electron chi connectivity index (χ3n) is 5.31. The quantitative estimate of drug-likeness (QED) is 0.752. The summed E-state index contributed by atoms with van der Waals surface area (Å²) in [4.78, 5) is 26.0. The molecule has 2 aromatic rings. The van der Waals surface area contributed by atoms with Gasteiger partial charge in [0.15, 0.2) is 0 Å². The molecule has 0 unspecified atom stereocenters. The maximum atomic E-state index is 12.3. The van der Waals surface area contributed by atoms with Gasteiger partial charge in [-0.25, -0.2) is 4.79 Å². The molecule has 1 aliphatic carbocycles. The van der Waals surface area contributed by atoms with Gasteiger partial charge in [-0.05, 0) is 57.4 Å². The first-order valence-electron chi connectivity index (χ1n) is 9.94. The second-order valence-electron chi connectivity index (χ2n) is 8.94. The van der Waals surface area contributed by atoms with Crippen LogP contribution in [0.5, 0.6) is 0 Å². The minimum Gasteiger partial charge on any atom is -0.443 e. The Bertz CT molecular complexity index is 956. The smallest absolute Gasteiger partial charge is 0.414 e. The lowest BCUT2D eigenvalue weighted by molar-refractivity contribution is -0.116. The third kappa shape index (κ3) is 4.06. The van der Waals surface area contributed by atoms with E-state index in [0.717, 1.165) is 41.0 Å². The SMILES string of the molecule is CN(C(=O)OC(C)(C)C)c1ccc(-c2cccc3c2NC2(CC2)CC(=O)N3)cc1. The van der Waals surface area contributed by atoms with Crippen molar-refractivity contribution >= 4 is 29.1 Å². The molecule has 0 atom stereocenters. The highest BCUT2D eigenvalue weighted by atomic mass is 16.6. The maximum absolute atomic E-state index is 12.3. The van der Waals surface area contributed by atoms with Crippen LogP contribution in [0.1, 0.15) is 40.0 Å². The lowest BCUT2D eigenvalue weighted by Gasteiger charge is -2.25. The van der Waals surface area contributed by atoms with E-state index in [1.165, 1.54) is 4.90 Å². The number of hydrogen-bond acceptors (Lipinski definition) is 4. The highest BCUT2D eigenvalue weighted by molar-refractivity contribution is 6.01. The summed E-state index contributed by atoms with van der Waals surface area (Å²) in [6.45, 7) is 5.55. The van der Waals surface area contributed by atoms with Gasteiger partial charge >= 0.3 is 6.09 Å². The minimum atomic E-state index is -0.540. The van der Waals surface area contributed by atoms with Crippen molar-refractivity contribution in [2.75, 3.05) is 22.6 Å². The Balaban J connectivity index is 1.61. The molecule has 2 aliphatic rings. The van der Waals surface area contributed by atoms with Crippen LogP contribution < -0.4 is 15.5 Å². The van der Waals surface area contributed by atoms with Gasteiger partial charge in [0.25, 0.3) is 0 Å². The molecule has 0 saturated heterocycles. The molecule has 1 aliphatic heterocycles. The fourth-order valence-electron chi connectivity index (χ4n) is 3.60. The molecule has 6 nitrogen and oxygen atoms in total. The monoisotopic (exact) mass is 393 g/mol. The summed E-state index contributed by atoms with van der Waals surface area (Å²) in [6, 6.07) is 13.7. The summed E-state index contributed by atoms with van der Waals surface area (Å²) in [7, 11) is 1.70. The summed E-state index contributed by atoms with van der Waals surface area (Å²) < 4.78 is 5.43. The molecule has 0 radical (unpaired) electrons. The average Bonchev–Trinajstić information content (AvgIpc) is 3.42. The summed E-state index contributed by atoms with van der Waals surface area (Å²) in [5.74, 6) is 0.0558. The molecule has 1 saturated carbocycles. The van der Waals surface area contributed by atoms with Crippen molar-refractivity contribution in [3.63, 3.8) is 0 Å². The Labute approximate surface area is 171 Å². The number of carbonyl (C=O) groups excluding carboxylic acids is 2. The molecule has 29 heavy (non-hydrogen) atoms. The molecule has 152 valence electrons. The number of ether oxygens (including phenoxy) is 1. The number of benzene rings is 2. The number of amides is 2. The number of rotatable bonds is 2. The molecule has 1 fully saturated rings. The number of nitrogens with one attached hydrogen (secondary N) is 2. The molecule has 4 rings (SSSR count). The van der Waals surface area contributed by atoms with Gasteiger partial charge in [0.2, 0.25) is 5.91 Å². The van der Waals surface area contributed by atoms with Gasteiger partial charge < -0.3 is 15.4 Å². The molecule has 0 bridgehead atoms. The van der Waals surface area contributed by atoms with E-state index in [-0.39, 0.29) is 17.5 Å². The van der Waals surface area contributed by atoms with Gasteiger partial charge in [-0.1, -0.05) is 24.3 Å². The van der Waals surface area contributed by atoms with Crippen LogP contribution in [-0.2, 0) is 9.53 Å². The average molecular weight is 393 g/mol. The summed E-state index contributed by atoms with van der Waals surface area (Å²) in [5.41, 5.74) is 3.93. The highest BCUT2D eigenvalue weighted by Gasteiger charge is 2.46. The van der Waals surface area contributed by atoms with Crippen LogP contribution in [0.4, 0.5) is 21.9 Å².